The fourth-order valence-electron chi connectivity index (χ4n) is 4.17. The van der Waals surface area contributed by atoms with Crippen LogP contribution in [0, 0.1) is 0 Å². The van der Waals surface area contributed by atoms with E-state index in [1.165, 1.54) is 16.7 Å². The van der Waals surface area contributed by atoms with Crippen molar-refractivity contribution in [2.75, 3.05) is 18.4 Å². The SMILES string of the molecule is CC(C)(C)c1ccc(C2=NOC3(CCN(OC(=O)Nc4ccc(Cl)c(C(F)(F)F)c4)CC3)C2)cc1. The molecule has 2 aromatic carbocycles. The highest BCUT2D eigenvalue weighted by atomic mass is 35.5. The Morgan fingerprint density at radius 3 is 2.37 bits per heavy atom. The van der Waals surface area contributed by atoms with E-state index in [2.05, 4.69) is 55.5 Å². The van der Waals surface area contributed by atoms with E-state index in [0.717, 1.165) is 23.4 Å². The highest BCUT2D eigenvalue weighted by Gasteiger charge is 2.43. The lowest BCUT2D eigenvalue weighted by Gasteiger charge is -2.35. The number of rotatable bonds is 3. The molecule has 1 fully saturated rings. The molecule has 1 N–H and O–H groups in total. The normalized spacial score (nSPS) is 18.2. The van der Waals surface area contributed by atoms with E-state index in [9.17, 15) is 18.0 Å². The minimum absolute atomic E-state index is 0.0603. The number of carbonyl (C=O) groups is 1. The van der Waals surface area contributed by atoms with Crippen LogP contribution in [0.3, 0.4) is 0 Å². The number of hydroxylamine groups is 2. The fourth-order valence-corrected chi connectivity index (χ4v) is 4.39. The lowest BCUT2D eigenvalue weighted by Crippen LogP contribution is -2.45. The van der Waals surface area contributed by atoms with Gasteiger partial charge in [0.15, 0.2) is 0 Å². The van der Waals surface area contributed by atoms with Crippen molar-refractivity contribution in [3.63, 3.8) is 0 Å². The van der Waals surface area contributed by atoms with Gasteiger partial charge in [-0.2, -0.15) is 13.2 Å². The molecular formula is C25H27ClF3N3O3. The topological polar surface area (TPSA) is 63.2 Å². The molecule has 2 aliphatic rings. The van der Waals surface area contributed by atoms with Gasteiger partial charge in [-0.25, -0.2) is 4.79 Å². The van der Waals surface area contributed by atoms with E-state index in [1.54, 1.807) is 0 Å². The summed E-state index contributed by atoms with van der Waals surface area (Å²) >= 11 is 5.61. The van der Waals surface area contributed by atoms with E-state index < -0.39 is 28.5 Å². The number of hydrogen-bond acceptors (Lipinski definition) is 5. The van der Waals surface area contributed by atoms with Gasteiger partial charge in [-0.1, -0.05) is 61.8 Å². The van der Waals surface area contributed by atoms with E-state index >= 15 is 0 Å². The average Bonchev–Trinajstić information content (AvgIpc) is 3.19. The third kappa shape index (κ3) is 5.90. The van der Waals surface area contributed by atoms with Crippen molar-refractivity contribution in [3.8, 4) is 0 Å². The number of amides is 1. The number of nitrogens with one attached hydrogen (secondary N) is 1. The molecule has 0 bridgehead atoms. The molecule has 1 saturated heterocycles. The highest BCUT2D eigenvalue weighted by Crippen LogP contribution is 2.38. The maximum Gasteiger partial charge on any atom is 0.430 e. The zero-order chi connectivity index (χ0) is 25.4. The van der Waals surface area contributed by atoms with Gasteiger partial charge in [0.05, 0.1) is 16.3 Å². The van der Waals surface area contributed by atoms with Gasteiger partial charge in [0, 0.05) is 38.0 Å². The Labute approximate surface area is 207 Å². The lowest BCUT2D eigenvalue weighted by molar-refractivity contribution is -0.154. The zero-order valence-corrected chi connectivity index (χ0v) is 20.5. The van der Waals surface area contributed by atoms with Gasteiger partial charge in [-0.3, -0.25) is 5.32 Å². The molecule has 0 aromatic heterocycles. The molecular weight excluding hydrogens is 483 g/mol. The molecule has 2 aromatic rings. The summed E-state index contributed by atoms with van der Waals surface area (Å²) in [6.07, 6.45) is -3.66. The first-order valence-electron chi connectivity index (χ1n) is 11.3. The Morgan fingerprint density at radius 1 is 1.11 bits per heavy atom. The summed E-state index contributed by atoms with van der Waals surface area (Å²) in [6, 6.07) is 11.5. The molecule has 2 heterocycles. The third-order valence-corrected chi connectivity index (χ3v) is 6.62. The van der Waals surface area contributed by atoms with Crippen molar-refractivity contribution in [1.29, 1.82) is 0 Å². The summed E-state index contributed by atoms with van der Waals surface area (Å²) in [4.78, 5) is 23.4. The van der Waals surface area contributed by atoms with Gasteiger partial charge in [0.2, 0.25) is 0 Å². The number of benzene rings is 2. The first kappa shape index (κ1) is 25.3. The molecule has 0 atom stereocenters. The van der Waals surface area contributed by atoms with Crippen molar-refractivity contribution in [2.45, 2.75) is 57.2 Å². The Kier molecular flexibility index (Phi) is 6.76. The van der Waals surface area contributed by atoms with Gasteiger partial charge in [0.1, 0.15) is 5.60 Å². The minimum atomic E-state index is -4.63. The summed E-state index contributed by atoms with van der Waals surface area (Å²) in [7, 11) is 0. The monoisotopic (exact) mass is 509 g/mol. The van der Waals surface area contributed by atoms with Crippen molar-refractivity contribution in [3.05, 3.63) is 64.2 Å². The Balaban J connectivity index is 1.29. The van der Waals surface area contributed by atoms with E-state index in [0.29, 0.717) is 32.4 Å². The molecule has 0 unspecified atom stereocenters. The highest BCUT2D eigenvalue weighted by molar-refractivity contribution is 6.31. The van der Waals surface area contributed by atoms with Crippen LogP contribution in [0.25, 0.3) is 0 Å². The summed E-state index contributed by atoms with van der Waals surface area (Å²) in [6.45, 7) is 7.32. The first-order chi connectivity index (χ1) is 16.3. The summed E-state index contributed by atoms with van der Waals surface area (Å²) in [5.74, 6) is 0. The number of nitrogens with zero attached hydrogens (tertiary/aromatic N) is 2. The van der Waals surface area contributed by atoms with Crippen molar-refractivity contribution >= 4 is 29.1 Å². The Bertz CT molecular complexity index is 1120. The Morgan fingerprint density at radius 2 is 1.77 bits per heavy atom. The number of halogens is 4. The number of alkyl halides is 3. The standard InChI is InChI=1S/C25H27ClF3N3O3/c1-23(2,3)17-6-4-16(5-7-17)21-15-24(35-31-21)10-12-32(13-11-24)34-22(33)30-18-8-9-20(26)19(14-18)25(27,28)29/h4-9,14H,10-13,15H2,1-3H3,(H,30,33). The molecule has 2 aliphatic heterocycles. The molecule has 1 amide bonds. The van der Waals surface area contributed by atoms with Crippen LogP contribution in [0.2, 0.25) is 5.02 Å². The van der Waals surface area contributed by atoms with Crippen LogP contribution < -0.4 is 5.32 Å². The molecule has 6 nitrogen and oxygen atoms in total. The lowest BCUT2D eigenvalue weighted by atomic mass is 9.84. The number of anilines is 1. The quantitative estimate of drug-likeness (QED) is 0.495. The van der Waals surface area contributed by atoms with E-state index in [1.807, 2.05) is 0 Å². The fraction of sp³-hybridized carbons (Fsp3) is 0.440. The second-order valence-electron chi connectivity index (χ2n) is 9.94. The van der Waals surface area contributed by atoms with Gasteiger partial charge in [-0.05, 0) is 34.7 Å². The summed E-state index contributed by atoms with van der Waals surface area (Å²) in [5.41, 5.74) is 1.68. The predicted octanol–water partition coefficient (Wildman–Crippen LogP) is 6.78. The maximum atomic E-state index is 13.0. The molecule has 0 aliphatic carbocycles. The molecule has 188 valence electrons. The molecule has 0 saturated carbocycles. The summed E-state index contributed by atoms with van der Waals surface area (Å²) < 4.78 is 39.1. The second kappa shape index (κ2) is 9.35. The number of piperidine rings is 1. The number of hydrogen-bond donors (Lipinski definition) is 1. The largest absolute Gasteiger partial charge is 0.430 e. The second-order valence-corrected chi connectivity index (χ2v) is 10.3. The maximum absolute atomic E-state index is 13.0. The van der Waals surface area contributed by atoms with Gasteiger partial charge in [0.25, 0.3) is 0 Å². The van der Waals surface area contributed by atoms with Crippen LogP contribution in [0.15, 0.2) is 47.6 Å². The van der Waals surface area contributed by atoms with Crippen LogP contribution in [-0.2, 0) is 21.3 Å². The molecule has 4 rings (SSSR count). The Hall–Kier alpha value is -2.78. The van der Waals surface area contributed by atoms with Crippen LogP contribution in [-0.4, -0.2) is 35.6 Å². The average molecular weight is 510 g/mol. The van der Waals surface area contributed by atoms with Crippen LogP contribution >= 0.6 is 11.6 Å². The van der Waals surface area contributed by atoms with E-state index in [-0.39, 0.29) is 11.1 Å². The first-order valence-corrected chi connectivity index (χ1v) is 11.7. The van der Waals surface area contributed by atoms with E-state index in [4.69, 9.17) is 21.3 Å². The van der Waals surface area contributed by atoms with Crippen LogP contribution in [0.1, 0.15) is 56.7 Å². The number of carbonyl (C=O) groups excluding carboxylic acids is 1. The van der Waals surface area contributed by atoms with Gasteiger partial charge in [-0.15, -0.1) is 5.06 Å². The van der Waals surface area contributed by atoms with Gasteiger partial charge < -0.3 is 9.68 Å². The smallest absolute Gasteiger partial charge is 0.388 e. The van der Waals surface area contributed by atoms with Gasteiger partial charge >= 0.3 is 12.3 Å². The van der Waals surface area contributed by atoms with Crippen molar-refractivity contribution < 1.29 is 27.6 Å². The molecule has 1 spiro atoms. The molecule has 0 radical (unpaired) electrons. The summed E-state index contributed by atoms with van der Waals surface area (Å²) in [5, 5.41) is 7.67. The van der Waals surface area contributed by atoms with Crippen LogP contribution in [0.5, 0.6) is 0 Å². The van der Waals surface area contributed by atoms with Crippen LogP contribution in [0.4, 0.5) is 23.7 Å². The molecule has 35 heavy (non-hydrogen) atoms. The minimum Gasteiger partial charge on any atom is -0.388 e. The predicted molar refractivity (Wildman–Crippen MR) is 127 cm³/mol. The zero-order valence-electron chi connectivity index (χ0n) is 19.7. The van der Waals surface area contributed by atoms with Crippen molar-refractivity contribution in [1.82, 2.24) is 5.06 Å². The third-order valence-electron chi connectivity index (χ3n) is 6.29. The van der Waals surface area contributed by atoms with Crippen molar-refractivity contribution in [2.24, 2.45) is 5.16 Å². The number of oxime groups is 1. The molecule has 10 heteroatoms.